The monoisotopic (exact) mass is 469 g/mol. The maximum atomic E-state index is 13.0. The van der Waals surface area contributed by atoms with Gasteiger partial charge < -0.3 is 10.2 Å². The molecule has 1 unspecified atom stereocenters. The van der Waals surface area contributed by atoms with Gasteiger partial charge in [0.1, 0.15) is 16.9 Å². The third-order valence-corrected chi connectivity index (χ3v) is 6.50. The van der Waals surface area contributed by atoms with Gasteiger partial charge in [-0.05, 0) is 42.3 Å². The van der Waals surface area contributed by atoms with Crippen molar-refractivity contribution in [2.24, 2.45) is 0 Å². The molecule has 4 aromatic rings. The molecule has 0 aliphatic carbocycles. The molecule has 0 aliphatic heterocycles. The minimum Gasteiger partial charge on any atom is -0.478 e. The first-order valence-electron chi connectivity index (χ1n) is 9.98. The average Bonchev–Trinajstić information content (AvgIpc) is 3.26. The van der Waals surface area contributed by atoms with E-state index in [0.29, 0.717) is 20.8 Å². The van der Waals surface area contributed by atoms with Crippen LogP contribution in [0, 0.1) is 12.7 Å². The molecule has 10 heteroatoms. The number of aliphatic hydroxyl groups excluding tert-OH is 1. The third-order valence-electron chi connectivity index (χ3n) is 5.24. The summed E-state index contributed by atoms with van der Waals surface area (Å²) < 4.78 is 15.4. The van der Waals surface area contributed by atoms with Crippen molar-refractivity contribution in [2.45, 2.75) is 26.2 Å². The number of nitrogens with zero attached hydrogens (tertiary/aromatic N) is 2. The van der Waals surface area contributed by atoms with E-state index in [9.17, 15) is 23.9 Å². The number of carboxylic acid groups (broad SMARTS) is 1. The van der Waals surface area contributed by atoms with Crippen LogP contribution in [0.3, 0.4) is 0 Å². The molecule has 4 rings (SSSR count). The summed E-state index contributed by atoms with van der Waals surface area (Å²) >= 11 is 1.13. The van der Waals surface area contributed by atoms with Crippen molar-refractivity contribution < 1.29 is 19.4 Å². The van der Waals surface area contributed by atoms with Crippen LogP contribution in [0.2, 0.25) is 0 Å². The summed E-state index contributed by atoms with van der Waals surface area (Å²) in [6.45, 7) is 1.88. The Morgan fingerprint density at radius 1 is 1.09 bits per heavy atom. The Balaban J connectivity index is 1.62. The topological polar surface area (TPSA) is 113 Å². The number of aryl methyl sites for hydroxylation is 1. The summed E-state index contributed by atoms with van der Waals surface area (Å²) in [5.41, 5.74) is 0.840. The molecule has 0 fully saturated rings. The Morgan fingerprint density at radius 3 is 2.36 bits per heavy atom. The maximum Gasteiger partial charge on any atom is 0.336 e. The Bertz CT molecular complexity index is 1440. The molecule has 2 aromatic carbocycles. The molecule has 8 nitrogen and oxygen atoms in total. The molecule has 2 heterocycles. The van der Waals surface area contributed by atoms with Crippen molar-refractivity contribution in [3.05, 3.63) is 109 Å². The summed E-state index contributed by atoms with van der Waals surface area (Å²) in [6, 6.07) is 11.8. The zero-order chi connectivity index (χ0) is 23.7. The van der Waals surface area contributed by atoms with Crippen molar-refractivity contribution in [3.8, 4) is 0 Å². The Kier molecular flexibility index (Phi) is 6.23. The van der Waals surface area contributed by atoms with Gasteiger partial charge in [-0.2, -0.15) is 0 Å². The highest BCUT2D eigenvalue weighted by molar-refractivity contribution is 7.17. The molecule has 0 radical (unpaired) electrons. The quantitative estimate of drug-likeness (QED) is 0.359. The third kappa shape index (κ3) is 4.63. The van der Waals surface area contributed by atoms with Gasteiger partial charge in [-0.25, -0.2) is 14.0 Å². The number of fused-ring (bicyclic) bond motifs is 1. The van der Waals surface area contributed by atoms with Crippen molar-refractivity contribution in [2.75, 3.05) is 0 Å². The van der Waals surface area contributed by atoms with Crippen LogP contribution in [-0.2, 0) is 13.1 Å². The van der Waals surface area contributed by atoms with E-state index in [0.717, 1.165) is 21.5 Å². The van der Waals surface area contributed by atoms with Crippen LogP contribution in [0.15, 0.2) is 64.3 Å². The standard InChI is InChI=1S/C23H20FN3O5S/c1-13-20(29)26(11-15-2-6-16(7-3-15)22(30)31)23(32)27-12-18(33-21(13)27)19(28)25-10-14-4-8-17(24)9-5-14/h2-9,12,19,25,28H,10-11H2,1H3,(H,30,31). The summed E-state index contributed by atoms with van der Waals surface area (Å²) in [4.78, 5) is 37.8. The number of halogens is 1. The number of carboxylic acids is 1. The molecule has 2 aromatic heterocycles. The molecule has 0 aliphatic rings. The summed E-state index contributed by atoms with van der Waals surface area (Å²) in [7, 11) is 0. The summed E-state index contributed by atoms with van der Waals surface area (Å²) in [6.07, 6.45) is 0.395. The fourth-order valence-electron chi connectivity index (χ4n) is 3.40. The number of hydrogen-bond acceptors (Lipinski definition) is 6. The fourth-order valence-corrected chi connectivity index (χ4v) is 4.45. The van der Waals surface area contributed by atoms with Gasteiger partial charge in [0.2, 0.25) is 0 Å². The second kappa shape index (κ2) is 9.10. The number of carbonyl (C=O) groups is 1. The Labute approximate surface area is 190 Å². The molecular formula is C23H20FN3O5S. The molecule has 170 valence electrons. The normalized spacial score (nSPS) is 12.2. The van der Waals surface area contributed by atoms with Crippen molar-refractivity contribution >= 4 is 22.1 Å². The number of thiazole rings is 1. The lowest BCUT2D eigenvalue weighted by molar-refractivity contribution is 0.0697. The molecule has 1 atom stereocenters. The van der Waals surface area contributed by atoms with Gasteiger partial charge in [0, 0.05) is 18.3 Å². The zero-order valence-corrected chi connectivity index (χ0v) is 18.3. The molecule has 0 amide bonds. The highest BCUT2D eigenvalue weighted by Crippen LogP contribution is 2.23. The fraction of sp³-hybridized carbons (Fsp3) is 0.174. The number of aliphatic hydroxyl groups is 1. The van der Waals surface area contributed by atoms with E-state index < -0.39 is 23.4 Å². The van der Waals surface area contributed by atoms with Gasteiger partial charge in [-0.15, -0.1) is 11.3 Å². The molecule has 0 saturated heterocycles. The van der Waals surface area contributed by atoms with Crippen LogP contribution < -0.4 is 16.6 Å². The van der Waals surface area contributed by atoms with Gasteiger partial charge in [0.05, 0.1) is 17.0 Å². The second-order valence-corrected chi connectivity index (χ2v) is 8.58. The molecule has 0 bridgehead atoms. The van der Waals surface area contributed by atoms with Crippen LogP contribution in [0.4, 0.5) is 4.39 Å². The van der Waals surface area contributed by atoms with Gasteiger partial charge >= 0.3 is 11.7 Å². The van der Waals surface area contributed by atoms with Gasteiger partial charge in [-0.3, -0.25) is 19.1 Å². The van der Waals surface area contributed by atoms with Crippen LogP contribution in [-0.4, -0.2) is 25.2 Å². The molecule has 33 heavy (non-hydrogen) atoms. The molecule has 3 N–H and O–H groups in total. The predicted molar refractivity (Wildman–Crippen MR) is 121 cm³/mol. The van der Waals surface area contributed by atoms with Gasteiger partial charge in [0.25, 0.3) is 5.56 Å². The number of hydrogen-bond donors (Lipinski definition) is 3. The highest BCUT2D eigenvalue weighted by Gasteiger charge is 2.18. The van der Waals surface area contributed by atoms with E-state index in [-0.39, 0.29) is 24.5 Å². The highest BCUT2D eigenvalue weighted by atomic mass is 32.1. The van der Waals surface area contributed by atoms with Crippen LogP contribution in [0.25, 0.3) is 4.83 Å². The van der Waals surface area contributed by atoms with Crippen LogP contribution >= 0.6 is 11.3 Å². The van der Waals surface area contributed by atoms with Crippen molar-refractivity contribution in [3.63, 3.8) is 0 Å². The maximum absolute atomic E-state index is 13.0. The van der Waals surface area contributed by atoms with E-state index in [1.807, 2.05) is 0 Å². The van der Waals surface area contributed by atoms with Crippen LogP contribution in [0.1, 0.15) is 38.2 Å². The Morgan fingerprint density at radius 2 is 1.73 bits per heavy atom. The molecular weight excluding hydrogens is 449 g/mol. The van der Waals surface area contributed by atoms with E-state index in [1.165, 1.54) is 34.9 Å². The molecule has 0 spiro atoms. The Hall–Kier alpha value is -3.60. The van der Waals surface area contributed by atoms with E-state index in [1.54, 1.807) is 31.2 Å². The number of rotatable bonds is 7. The molecule has 0 saturated carbocycles. The SMILES string of the molecule is Cc1c(=O)n(Cc2ccc(C(=O)O)cc2)c(=O)n2cc(C(O)NCc3ccc(F)cc3)sc12. The van der Waals surface area contributed by atoms with E-state index in [4.69, 9.17) is 5.11 Å². The van der Waals surface area contributed by atoms with Crippen LogP contribution in [0.5, 0.6) is 0 Å². The summed E-state index contributed by atoms with van der Waals surface area (Å²) in [5.74, 6) is -1.41. The average molecular weight is 469 g/mol. The first-order valence-corrected chi connectivity index (χ1v) is 10.8. The van der Waals surface area contributed by atoms with E-state index >= 15 is 0 Å². The predicted octanol–water partition coefficient (Wildman–Crippen LogP) is 2.50. The minimum atomic E-state index is -1.09. The lowest BCUT2D eigenvalue weighted by atomic mass is 10.1. The van der Waals surface area contributed by atoms with Crippen molar-refractivity contribution in [1.29, 1.82) is 0 Å². The zero-order valence-electron chi connectivity index (χ0n) is 17.5. The number of nitrogens with one attached hydrogen (secondary N) is 1. The lowest BCUT2D eigenvalue weighted by Gasteiger charge is -2.10. The second-order valence-electron chi connectivity index (χ2n) is 7.52. The van der Waals surface area contributed by atoms with Gasteiger partial charge in [0.15, 0.2) is 0 Å². The smallest absolute Gasteiger partial charge is 0.336 e. The van der Waals surface area contributed by atoms with Crippen molar-refractivity contribution in [1.82, 2.24) is 14.3 Å². The number of aromatic nitrogens is 2. The number of benzene rings is 2. The van der Waals surface area contributed by atoms with E-state index in [2.05, 4.69) is 5.32 Å². The van der Waals surface area contributed by atoms with Gasteiger partial charge in [-0.1, -0.05) is 24.3 Å². The largest absolute Gasteiger partial charge is 0.478 e. The minimum absolute atomic E-state index is 0.0160. The lowest BCUT2D eigenvalue weighted by Crippen LogP contribution is -2.38. The summed E-state index contributed by atoms with van der Waals surface area (Å²) in [5, 5.41) is 22.5. The first kappa shape index (κ1) is 22.6. The first-order chi connectivity index (χ1) is 15.7. The number of aromatic carboxylic acids is 1.